The van der Waals surface area contributed by atoms with E-state index in [0.717, 1.165) is 39.9 Å². The summed E-state index contributed by atoms with van der Waals surface area (Å²) >= 11 is 0. The van der Waals surface area contributed by atoms with Gasteiger partial charge in [0.2, 0.25) is 5.91 Å². The van der Waals surface area contributed by atoms with Crippen molar-refractivity contribution in [2.45, 2.75) is 32.0 Å². The van der Waals surface area contributed by atoms with Crippen LogP contribution < -0.4 is 16.0 Å². The average molecular weight is 416 g/mol. The lowest BCUT2D eigenvalue weighted by molar-refractivity contribution is -0.130. The van der Waals surface area contributed by atoms with Crippen LogP contribution in [0.4, 0.5) is 9.59 Å². The molecular weight excluding hydrogens is 392 g/mol. The van der Waals surface area contributed by atoms with E-state index in [-0.39, 0.29) is 11.9 Å². The first kappa shape index (κ1) is 19.4. The van der Waals surface area contributed by atoms with Gasteiger partial charge in [0.15, 0.2) is 0 Å². The Morgan fingerprint density at radius 2 is 1.55 bits per heavy atom. The van der Waals surface area contributed by atoms with E-state index < -0.39 is 24.2 Å². The molecule has 0 radical (unpaired) electrons. The van der Waals surface area contributed by atoms with Crippen LogP contribution in [0, 0.1) is 5.92 Å². The second-order valence-corrected chi connectivity index (χ2v) is 8.14. The number of carbonyl (C=O) groups is 3. The first-order chi connectivity index (χ1) is 15.1. The molecule has 5 amide bonds. The number of imide groups is 1. The Bertz CT molecular complexity index is 1150. The van der Waals surface area contributed by atoms with Crippen molar-refractivity contribution in [3.8, 4) is 0 Å². The van der Waals surface area contributed by atoms with Crippen LogP contribution in [-0.4, -0.2) is 35.6 Å². The highest BCUT2D eigenvalue weighted by atomic mass is 16.2. The first-order valence-electron chi connectivity index (χ1n) is 10.7. The molecule has 0 aromatic heterocycles. The average Bonchev–Trinajstić information content (AvgIpc) is 2.76. The van der Waals surface area contributed by atoms with Crippen LogP contribution in [0.2, 0.25) is 0 Å². The molecule has 5 rings (SSSR count). The van der Waals surface area contributed by atoms with Crippen molar-refractivity contribution in [1.29, 1.82) is 0 Å². The SMILES string of the molecule is CCCCN1C(=O)NC(=O)C2C(c3c4ccccc4cc4ccccc34)NC(=O)NC21. The third-order valence-corrected chi connectivity index (χ3v) is 6.27. The molecule has 2 aliphatic rings. The van der Waals surface area contributed by atoms with E-state index in [9.17, 15) is 14.4 Å². The lowest BCUT2D eigenvalue weighted by Gasteiger charge is -2.46. The summed E-state index contributed by atoms with van der Waals surface area (Å²) in [4.78, 5) is 39.9. The maximum atomic E-state index is 13.1. The van der Waals surface area contributed by atoms with E-state index in [2.05, 4.69) is 22.0 Å². The maximum absolute atomic E-state index is 13.1. The second-order valence-electron chi connectivity index (χ2n) is 8.14. The van der Waals surface area contributed by atoms with Gasteiger partial charge < -0.3 is 15.5 Å². The normalized spacial score (nSPS) is 23.3. The predicted octanol–water partition coefficient (Wildman–Crippen LogP) is 3.64. The molecule has 3 atom stereocenters. The monoisotopic (exact) mass is 416 g/mol. The topological polar surface area (TPSA) is 90.5 Å². The van der Waals surface area contributed by atoms with Gasteiger partial charge in [-0.15, -0.1) is 0 Å². The molecule has 2 heterocycles. The van der Waals surface area contributed by atoms with Crippen molar-refractivity contribution in [2.75, 3.05) is 6.54 Å². The summed E-state index contributed by atoms with van der Waals surface area (Å²) < 4.78 is 0. The minimum atomic E-state index is -0.690. The van der Waals surface area contributed by atoms with Crippen LogP contribution >= 0.6 is 0 Å². The number of rotatable bonds is 4. The minimum Gasteiger partial charge on any atom is -0.330 e. The van der Waals surface area contributed by atoms with Crippen LogP contribution in [0.5, 0.6) is 0 Å². The zero-order chi connectivity index (χ0) is 21.5. The number of carbonyl (C=O) groups excluding carboxylic acids is 3. The third kappa shape index (κ3) is 3.17. The smallest absolute Gasteiger partial charge is 0.325 e. The lowest BCUT2D eigenvalue weighted by atomic mass is 9.81. The molecule has 2 fully saturated rings. The number of benzene rings is 3. The van der Waals surface area contributed by atoms with Crippen molar-refractivity contribution < 1.29 is 14.4 Å². The van der Waals surface area contributed by atoms with Crippen LogP contribution in [0.15, 0.2) is 54.6 Å². The summed E-state index contributed by atoms with van der Waals surface area (Å²) in [5, 5.41) is 12.4. The number of hydrogen-bond acceptors (Lipinski definition) is 3. The molecule has 158 valence electrons. The van der Waals surface area contributed by atoms with E-state index >= 15 is 0 Å². The van der Waals surface area contributed by atoms with Gasteiger partial charge in [-0.25, -0.2) is 9.59 Å². The van der Waals surface area contributed by atoms with Crippen LogP contribution in [0.1, 0.15) is 31.4 Å². The predicted molar refractivity (Wildman–Crippen MR) is 118 cm³/mol. The number of amides is 5. The minimum absolute atomic E-state index is 0.378. The molecule has 0 spiro atoms. The second kappa shape index (κ2) is 7.58. The quantitative estimate of drug-likeness (QED) is 0.567. The Kier molecular flexibility index (Phi) is 4.73. The highest BCUT2D eigenvalue weighted by Gasteiger charge is 2.50. The van der Waals surface area contributed by atoms with E-state index in [1.165, 1.54) is 0 Å². The van der Waals surface area contributed by atoms with Gasteiger partial charge in [0.25, 0.3) is 0 Å². The molecule has 3 aromatic carbocycles. The number of nitrogens with zero attached hydrogens (tertiary/aromatic N) is 1. The fourth-order valence-electron chi connectivity index (χ4n) is 4.84. The number of unbranched alkanes of at least 4 members (excludes halogenated alkanes) is 1. The highest BCUT2D eigenvalue weighted by Crippen LogP contribution is 2.39. The van der Waals surface area contributed by atoms with Gasteiger partial charge in [0.05, 0.1) is 6.04 Å². The number of nitrogens with one attached hydrogen (secondary N) is 3. The van der Waals surface area contributed by atoms with Gasteiger partial charge in [-0.2, -0.15) is 0 Å². The Hall–Kier alpha value is -3.61. The van der Waals surface area contributed by atoms with Crippen molar-refractivity contribution in [2.24, 2.45) is 5.92 Å². The number of fused-ring (bicyclic) bond motifs is 3. The zero-order valence-electron chi connectivity index (χ0n) is 17.2. The van der Waals surface area contributed by atoms with Gasteiger partial charge in [0.1, 0.15) is 12.1 Å². The van der Waals surface area contributed by atoms with Crippen LogP contribution in [0.3, 0.4) is 0 Å². The first-order valence-corrected chi connectivity index (χ1v) is 10.7. The Labute approximate surface area is 179 Å². The van der Waals surface area contributed by atoms with Gasteiger partial charge in [-0.3, -0.25) is 10.1 Å². The molecule has 7 heteroatoms. The summed E-state index contributed by atoms with van der Waals surface area (Å²) in [6.07, 6.45) is 0.999. The maximum Gasteiger partial charge on any atom is 0.325 e. The third-order valence-electron chi connectivity index (χ3n) is 6.27. The van der Waals surface area contributed by atoms with Crippen LogP contribution in [0.25, 0.3) is 21.5 Å². The van der Waals surface area contributed by atoms with Crippen molar-refractivity contribution in [3.63, 3.8) is 0 Å². The summed E-state index contributed by atoms with van der Waals surface area (Å²) in [6.45, 7) is 2.51. The molecule has 0 bridgehead atoms. The van der Waals surface area contributed by atoms with E-state index in [1.807, 2.05) is 55.5 Å². The van der Waals surface area contributed by atoms with Gasteiger partial charge in [0, 0.05) is 6.54 Å². The molecule has 31 heavy (non-hydrogen) atoms. The van der Waals surface area contributed by atoms with Crippen molar-refractivity contribution in [1.82, 2.24) is 20.9 Å². The summed E-state index contributed by atoms with van der Waals surface area (Å²) in [6, 6.07) is 16.7. The Morgan fingerprint density at radius 1 is 0.903 bits per heavy atom. The molecule has 3 unspecified atom stereocenters. The Morgan fingerprint density at radius 3 is 2.19 bits per heavy atom. The van der Waals surface area contributed by atoms with Crippen LogP contribution in [-0.2, 0) is 4.79 Å². The molecule has 2 saturated heterocycles. The fourth-order valence-corrected chi connectivity index (χ4v) is 4.84. The molecule has 0 aliphatic carbocycles. The number of hydrogen-bond donors (Lipinski definition) is 3. The molecule has 0 saturated carbocycles. The van der Waals surface area contributed by atoms with Crippen molar-refractivity contribution >= 4 is 39.5 Å². The van der Waals surface area contributed by atoms with Gasteiger partial charge in [-0.1, -0.05) is 61.9 Å². The summed E-state index contributed by atoms with van der Waals surface area (Å²) in [7, 11) is 0. The van der Waals surface area contributed by atoms with E-state index in [1.54, 1.807) is 4.90 Å². The van der Waals surface area contributed by atoms with Crippen molar-refractivity contribution in [3.05, 3.63) is 60.2 Å². The molecule has 2 aliphatic heterocycles. The number of urea groups is 2. The zero-order valence-corrected chi connectivity index (χ0v) is 17.2. The van der Waals surface area contributed by atoms with Gasteiger partial charge >= 0.3 is 12.1 Å². The van der Waals surface area contributed by atoms with Gasteiger partial charge in [-0.05, 0) is 39.6 Å². The van der Waals surface area contributed by atoms with E-state index in [4.69, 9.17) is 0 Å². The fraction of sp³-hybridized carbons (Fsp3) is 0.292. The largest absolute Gasteiger partial charge is 0.330 e. The molecule has 3 N–H and O–H groups in total. The summed E-state index contributed by atoms with van der Waals surface area (Å²) in [5.41, 5.74) is 0.901. The molecule has 3 aromatic rings. The highest BCUT2D eigenvalue weighted by molar-refractivity contribution is 6.05. The lowest BCUT2D eigenvalue weighted by Crippen LogP contribution is -2.72. The van der Waals surface area contributed by atoms with E-state index in [0.29, 0.717) is 6.54 Å². The standard InChI is InChI=1S/C24H24N4O3/c1-2-3-12-28-21-19(22(29)27-24(28)31)20(25-23(30)26-21)18-16-10-6-4-8-14(16)13-15-9-5-7-11-17(15)18/h4-11,13,19-21H,2-3,12H2,1H3,(H2,25,26,30)(H,27,29,31). The summed E-state index contributed by atoms with van der Waals surface area (Å²) in [5.74, 6) is -1.03. The molecular formula is C24H24N4O3. The Balaban J connectivity index is 1.71. The molecule has 7 nitrogen and oxygen atoms in total.